The number of nitrogens with zero attached hydrogens (tertiary/aromatic N) is 2. The molecule has 0 radical (unpaired) electrons. The van der Waals surface area contributed by atoms with Crippen LogP contribution in [-0.4, -0.2) is 27.3 Å². The fourth-order valence-corrected chi connectivity index (χ4v) is 3.68. The number of carbonyl (C=O) groups is 2. The summed E-state index contributed by atoms with van der Waals surface area (Å²) < 4.78 is 57.3. The number of rotatable bonds is 6. The van der Waals surface area contributed by atoms with E-state index in [1.807, 2.05) is 0 Å². The quantitative estimate of drug-likeness (QED) is 0.359. The molecule has 8 nitrogen and oxygen atoms in total. The lowest BCUT2D eigenvalue weighted by Gasteiger charge is -2.19. The minimum atomic E-state index is -4.91. The van der Waals surface area contributed by atoms with Gasteiger partial charge in [0.25, 0.3) is 5.91 Å². The maximum absolute atomic E-state index is 14.9. The molecule has 2 aromatic carbocycles. The summed E-state index contributed by atoms with van der Waals surface area (Å²) in [5.41, 5.74) is 3.20. The van der Waals surface area contributed by atoms with Gasteiger partial charge in [0.15, 0.2) is 0 Å². The van der Waals surface area contributed by atoms with Crippen molar-refractivity contribution in [3.05, 3.63) is 107 Å². The minimum Gasteiger partial charge on any atom is -0.366 e. The Balaban J connectivity index is 1.78. The monoisotopic (exact) mass is 524 g/mol. The van der Waals surface area contributed by atoms with Crippen molar-refractivity contribution in [2.24, 2.45) is 12.8 Å². The van der Waals surface area contributed by atoms with Crippen LogP contribution in [0.2, 0.25) is 0 Å². The fraction of sp³-hybridized carbons (Fsp3) is 0.0769. The molecular weight excluding hydrogens is 504 g/mol. The number of nitrogens with two attached hydrogens (primary N) is 1. The third-order valence-corrected chi connectivity index (χ3v) is 5.50. The van der Waals surface area contributed by atoms with Gasteiger partial charge < -0.3 is 21.8 Å². The number of hydrogen-bond acceptors (Lipinski definition) is 5. The van der Waals surface area contributed by atoms with E-state index in [4.69, 9.17) is 11.1 Å². The largest absolute Gasteiger partial charge is 0.417 e. The fourth-order valence-electron chi connectivity index (χ4n) is 3.68. The third kappa shape index (κ3) is 5.53. The highest BCUT2D eigenvalue weighted by molar-refractivity contribution is 6.16. The molecule has 2 amide bonds. The molecular formula is C26H20F4N6O2. The Kier molecular flexibility index (Phi) is 6.98. The number of aromatic nitrogens is 2. The Morgan fingerprint density at radius 3 is 2.37 bits per heavy atom. The van der Waals surface area contributed by atoms with Gasteiger partial charge in [-0.1, -0.05) is 18.2 Å². The molecule has 194 valence electrons. The maximum Gasteiger partial charge on any atom is 0.417 e. The standard InChI is InChI=1S/C26H20F4N6O2/c1-36-10-9-22(35-36)17-12-18(20(27)13-19(17)26(28,29)30)25(38)34-24(33-15-5-3-2-4-6-15)16-8-7-14(23(32)37)11-21(16)31/h2-13,31,33H,1H3,(H2,32,37)(H,34,38)/b24-16+,31-21?. The molecule has 3 aromatic rings. The molecule has 0 spiro atoms. The summed E-state index contributed by atoms with van der Waals surface area (Å²) in [4.78, 5) is 24.7. The smallest absolute Gasteiger partial charge is 0.366 e. The first-order valence-corrected chi connectivity index (χ1v) is 11.0. The summed E-state index contributed by atoms with van der Waals surface area (Å²) in [5.74, 6) is -3.31. The van der Waals surface area contributed by atoms with E-state index in [9.17, 15) is 27.2 Å². The van der Waals surface area contributed by atoms with Crippen molar-refractivity contribution in [3.63, 3.8) is 0 Å². The zero-order valence-electron chi connectivity index (χ0n) is 19.7. The van der Waals surface area contributed by atoms with Crippen molar-refractivity contribution in [1.29, 1.82) is 5.41 Å². The number of anilines is 1. The van der Waals surface area contributed by atoms with Crippen LogP contribution in [0.1, 0.15) is 15.9 Å². The highest BCUT2D eigenvalue weighted by atomic mass is 19.4. The van der Waals surface area contributed by atoms with Crippen molar-refractivity contribution in [2.75, 3.05) is 5.32 Å². The molecule has 1 aliphatic carbocycles. The summed E-state index contributed by atoms with van der Waals surface area (Å²) in [6, 6.07) is 10.8. The molecule has 1 heterocycles. The SMILES string of the molecule is Cn1ccc(-c2cc(C(=O)N/C(Nc3ccccc3)=C3\C=CC(C(N)=O)=CC3=N)c(F)cc2C(F)(F)F)n1. The Morgan fingerprint density at radius 1 is 1.08 bits per heavy atom. The molecule has 0 bridgehead atoms. The van der Waals surface area contributed by atoms with Crippen molar-refractivity contribution < 1.29 is 27.2 Å². The Hall–Kier alpha value is -5.00. The number of nitrogens with one attached hydrogen (secondary N) is 3. The van der Waals surface area contributed by atoms with E-state index < -0.39 is 40.5 Å². The van der Waals surface area contributed by atoms with Crippen molar-refractivity contribution in [1.82, 2.24) is 15.1 Å². The molecule has 0 fully saturated rings. The molecule has 0 unspecified atom stereocenters. The van der Waals surface area contributed by atoms with E-state index in [-0.39, 0.29) is 34.4 Å². The van der Waals surface area contributed by atoms with Gasteiger partial charge in [0.1, 0.15) is 11.6 Å². The van der Waals surface area contributed by atoms with Gasteiger partial charge in [-0.2, -0.15) is 18.3 Å². The predicted octanol–water partition coefficient (Wildman–Crippen LogP) is 4.30. The van der Waals surface area contributed by atoms with Gasteiger partial charge in [0.05, 0.1) is 22.5 Å². The highest BCUT2D eigenvalue weighted by Gasteiger charge is 2.36. The van der Waals surface area contributed by atoms with Crippen LogP contribution in [0, 0.1) is 11.2 Å². The summed E-state index contributed by atoms with van der Waals surface area (Å²) in [6.45, 7) is 0. The molecule has 0 aliphatic heterocycles. The lowest BCUT2D eigenvalue weighted by atomic mass is 9.98. The van der Waals surface area contributed by atoms with Crippen LogP contribution in [0.4, 0.5) is 23.2 Å². The number of alkyl halides is 3. The number of aryl methyl sites for hydroxylation is 1. The van der Waals surface area contributed by atoms with Crippen LogP contribution >= 0.6 is 0 Å². The number of primary amides is 1. The summed E-state index contributed by atoms with van der Waals surface area (Å²) in [6.07, 6.45) is 0.397. The van der Waals surface area contributed by atoms with Crippen LogP contribution in [0.15, 0.2) is 89.9 Å². The van der Waals surface area contributed by atoms with E-state index in [1.54, 1.807) is 30.3 Å². The number of hydrogen-bond donors (Lipinski definition) is 4. The van der Waals surface area contributed by atoms with Crippen LogP contribution in [-0.2, 0) is 18.0 Å². The third-order valence-electron chi connectivity index (χ3n) is 5.50. The van der Waals surface area contributed by atoms with Gasteiger partial charge >= 0.3 is 6.18 Å². The van der Waals surface area contributed by atoms with Gasteiger partial charge in [0, 0.05) is 35.6 Å². The second kappa shape index (κ2) is 10.2. The minimum absolute atomic E-state index is 0.0536. The van der Waals surface area contributed by atoms with Gasteiger partial charge in [-0.05, 0) is 48.6 Å². The van der Waals surface area contributed by atoms with E-state index in [1.165, 1.54) is 42.2 Å². The zero-order chi connectivity index (χ0) is 27.6. The second-order valence-corrected chi connectivity index (χ2v) is 8.19. The molecule has 0 saturated carbocycles. The number of amides is 2. The van der Waals surface area contributed by atoms with Crippen molar-refractivity contribution in [2.45, 2.75) is 6.18 Å². The van der Waals surface area contributed by atoms with Crippen molar-refractivity contribution in [3.8, 4) is 11.3 Å². The van der Waals surface area contributed by atoms with E-state index in [2.05, 4.69) is 15.7 Å². The van der Waals surface area contributed by atoms with E-state index >= 15 is 0 Å². The van der Waals surface area contributed by atoms with Gasteiger partial charge in [-0.15, -0.1) is 0 Å². The average molecular weight is 524 g/mol. The average Bonchev–Trinajstić information content (AvgIpc) is 3.29. The number of halogens is 4. The first-order chi connectivity index (χ1) is 17.9. The highest BCUT2D eigenvalue weighted by Crippen LogP contribution is 2.38. The number of benzene rings is 2. The second-order valence-electron chi connectivity index (χ2n) is 8.19. The number of para-hydroxylation sites is 1. The topological polar surface area (TPSA) is 126 Å². The van der Waals surface area contributed by atoms with Gasteiger partial charge in [0.2, 0.25) is 5.91 Å². The molecule has 5 N–H and O–H groups in total. The lowest BCUT2D eigenvalue weighted by Crippen LogP contribution is -2.31. The van der Waals surface area contributed by atoms with Crippen LogP contribution in [0.3, 0.4) is 0 Å². The zero-order valence-corrected chi connectivity index (χ0v) is 19.7. The normalized spacial score (nSPS) is 14.7. The Bertz CT molecular complexity index is 1530. The Morgan fingerprint density at radius 2 is 1.79 bits per heavy atom. The molecule has 4 rings (SSSR count). The first kappa shape index (κ1) is 26.1. The molecule has 38 heavy (non-hydrogen) atoms. The molecule has 0 atom stereocenters. The maximum atomic E-state index is 14.9. The number of allylic oxidation sites excluding steroid dienone is 3. The van der Waals surface area contributed by atoms with Gasteiger partial charge in [-0.3, -0.25) is 14.3 Å². The first-order valence-electron chi connectivity index (χ1n) is 11.0. The van der Waals surface area contributed by atoms with Crippen LogP contribution < -0.4 is 16.4 Å². The van der Waals surface area contributed by atoms with Gasteiger partial charge in [-0.25, -0.2) is 4.39 Å². The molecule has 1 aliphatic rings. The molecule has 0 saturated heterocycles. The lowest BCUT2D eigenvalue weighted by molar-refractivity contribution is -0.137. The van der Waals surface area contributed by atoms with Crippen molar-refractivity contribution >= 4 is 23.2 Å². The summed E-state index contributed by atoms with van der Waals surface area (Å²) in [5, 5.41) is 17.6. The molecule has 12 heteroatoms. The molecule has 1 aromatic heterocycles. The summed E-state index contributed by atoms with van der Waals surface area (Å²) in [7, 11) is 1.51. The summed E-state index contributed by atoms with van der Waals surface area (Å²) >= 11 is 0. The predicted molar refractivity (Wildman–Crippen MR) is 132 cm³/mol. The number of carbonyl (C=O) groups excluding carboxylic acids is 2. The van der Waals surface area contributed by atoms with Crippen LogP contribution in [0.5, 0.6) is 0 Å². The van der Waals surface area contributed by atoms with Crippen LogP contribution in [0.25, 0.3) is 11.3 Å². The van der Waals surface area contributed by atoms with E-state index in [0.717, 1.165) is 6.07 Å². The van der Waals surface area contributed by atoms with E-state index in [0.29, 0.717) is 5.69 Å². The Labute approximate surface area is 213 Å².